The predicted octanol–water partition coefficient (Wildman–Crippen LogP) is 2.67. The van der Waals surface area contributed by atoms with Crippen LogP contribution in [0.3, 0.4) is 0 Å². The fourth-order valence-corrected chi connectivity index (χ4v) is 1.50. The van der Waals surface area contributed by atoms with Gasteiger partial charge >= 0.3 is 8.25 Å². The summed E-state index contributed by atoms with van der Waals surface area (Å²) in [7, 11) is -2.55. The Kier molecular flexibility index (Phi) is 3.87. The van der Waals surface area contributed by atoms with E-state index in [0.717, 1.165) is 18.4 Å². The molecule has 0 aromatic heterocycles. The molecule has 13 heavy (non-hydrogen) atoms. The van der Waals surface area contributed by atoms with Gasteiger partial charge in [-0.25, -0.2) is 4.52 Å². The molecule has 1 aromatic rings. The van der Waals surface area contributed by atoms with Crippen LogP contribution in [0.15, 0.2) is 24.3 Å². The van der Waals surface area contributed by atoms with E-state index in [1.165, 1.54) is 0 Å². The Labute approximate surface area is 78.3 Å². The van der Waals surface area contributed by atoms with E-state index in [0.29, 0.717) is 5.75 Å². The Hall–Kier alpha value is -0.920. The molecule has 0 saturated carbocycles. The summed E-state index contributed by atoms with van der Waals surface area (Å²) in [5.41, 5.74) is 0.974. The van der Waals surface area contributed by atoms with E-state index in [-0.39, 0.29) is 0 Å². The molecule has 0 aliphatic carbocycles. The first-order valence-corrected chi connectivity index (χ1v) is 5.29. The molecular formula is C9H12O3P+. The van der Waals surface area contributed by atoms with Gasteiger partial charge in [-0.3, -0.25) is 0 Å². The van der Waals surface area contributed by atoms with Crippen molar-refractivity contribution in [2.45, 2.75) is 19.8 Å². The minimum absolute atomic E-state index is 0.507. The van der Waals surface area contributed by atoms with E-state index in [2.05, 4.69) is 6.92 Å². The SMILES string of the molecule is CCCc1ccccc1O[P+](=O)O. The molecular weight excluding hydrogens is 187 g/mol. The molecule has 0 spiro atoms. The van der Waals surface area contributed by atoms with Gasteiger partial charge in [-0.15, -0.1) is 4.89 Å². The highest BCUT2D eigenvalue weighted by molar-refractivity contribution is 7.32. The van der Waals surface area contributed by atoms with Gasteiger partial charge in [-0.2, -0.15) is 0 Å². The monoisotopic (exact) mass is 199 g/mol. The molecule has 3 nitrogen and oxygen atoms in total. The average Bonchev–Trinajstić information content (AvgIpc) is 2.08. The highest BCUT2D eigenvalue weighted by atomic mass is 31.1. The Bertz CT molecular complexity index is 299. The van der Waals surface area contributed by atoms with Crippen molar-refractivity contribution in [2.75, 3.05) is 0 Å². The maximum absolute atomic E-state index is 10.5. The van der Waals surface area contributed by atoms with Gasteiger partial charge in [0.2, 0.25) is 0 Å². The van der Waals surface area contributed by atoms with Crippen molar-refractivity contribution in [3.05, 3.63) is 29.8 Å². The summed E-state index contributed by atoms with van der Waals surface area (Å²) < 4.78 is 15.2. The number of rotatable bonds is 4. The molecule has 0 aliphatic rings. The Morgan fingerprint density at radius 1 is 1.46 bits per heavy atom. The van der Waals surface area contributed by atoms with Crippen LogP contribution < -0.4 is 4.52 Å². The summed E-state index contributed by atoms with van der Waals surface area (Å²) in [5, 5.41) is 0. The van der Waals surface area contributed by atoms with Crippen molar-refractivity contribution in [3.63, 3.8) is 0 Å². The maximum Gasteiger partial charge on any atom is 0.747 e. The average molecular weight is 199 g/mol. The topological polar surface area (TPSA) is 46.5 Å². The third kappa shape index (κ3) is 3.13. The second-order valence-electron chi connectivity index (χ2n) is 2.69. The van der Waals surface area contributed by atoms with Crippen molar-refractivity contribution >= 4 is 8.25 Å². The summed E-state index contributed by atoms with van der Waals surface area (Å²) in [6.07, 6.45) is 1.85. The molecule has 0 saturated heterocycles. The first-order chi connectivity index (χ1) is 6.24. The fraction of sp³-hybridized carbons (Fsp3) is 0.333. The van der Waals surface area contributed by atoms with Crippen molar-refractivity contribution in [1.82, 2.24) is 0 Å². The summed E-state index contributed by atoms with van der Waals surface area (Å²) >= 11 is 0. The van der Waals surface area contributed by atoms with E-state index < -0.39 is 8.25 Å². The minimum Gasteiger partial charge on any atom is -0.229 e. The first kappa shape index (κ1) is 10.2. The molecule has 1 aromatic carbocycles. The van der Waals surface area contributed by atoms with Crippen molar-refractivity contribution in [3.8, 4) is 5.75 Å². The van der Waals surface area contributed by atoms with Gasteiger partial charge in [0.1, 0.15) is 0 Å². The number of para-hydroxylation sites is 1. The highest BCUT2D eigenvalue weighted by Gasteiger charge is 2.16. The van der Waals surface area contributed by atoms with Crippen LogP contribution in [0.2, 0.25) is 0 Å². The van der Waals surface area contributed by atoms with Gasteiger partial charge in [0.05, 0.1) is 0 Å². The van der Waals surface area contributed by atoms with Crippen molar-refractivity contribution in [1.29, 1.82) is 0 Å². The molecule has 1 rings (SSSR count). The second kappa shape index (κ2) is 4.95. The van der Waals surface area contributed by atoms with Crippen molar-refractivity contribution in [2.24, 2.45) is 0 Å². The van der Waals surface area contributed by atoms with Crippen LogP contribution in [-0.2, 0) is 11.0 Å². The molecule has 0 bridgehead atoms. The quantitative estimate of drug-likeness (QED) is 0.758. The molecule has 0 radical (unpaired) electrons. The molecule has 0 heterocycles. The highest BCUT2D eigenvalue weighted by Crippen LogP contribution is 2.27. The van der Waals surface area contributed by atoms with Crippen LogP contribution in [0.1, 0.15) is 18.9 Å². The van der Waals surface area contributed by atoms with E-state index in [4.69, 9.17) is 9.42 Å². The third-order valence-corrected chi connectivity index (χ3v) is 2.02. The van der Waals surface area contributed by atoms with Crippen LogP contribution in [0.25, 0.3) is 0 Å². The summed E-state index contributed by atoms with van der Waals surface area (Å²) in [6.45, 7) is 2.05. The maximum atomic E-state index is 10.5. The van der Waals surface area contributed by atoms with Crippen LogP contribution in [0.5, 0.6) is 5.75 Å². The smallest absolute Gasteiger partial charge is 0.229 e. The normalized spacial score (nSPS) is 11.1. The zero-order chi connectivity index (χ0) is 9.68. The van der Waals surface area contributed by atoms with Crippen LogP contribution >= 0.6 is 8.25 Å². The lowest BCUT2D eigenvalue weighted by Gasteiger charge is -2.00. The van der Waals surface area contributed by atoms with Crippen LogP contribution in [0.4, 0.5) is 0 Å². The van der Waals surface area contributed by atoms with Gasteiger partial charge in [0.25, 0.3) is 0 Å². The lowest BCUT2D eigenvalue weighted by molar-refractivity contribution is 0.408. The number of aryl methyl sites for hydroxylation is 1. The molecule has 1 unspecified atom stereocenters. The van der Waals surface area contributed by atoms with Gasteiger partial charge < -0.3 is 0 Å². The van der Waals surface area contributed by atoms with E-state index in [9.17, 15) is 4.57 Å². The predicted molar refractivity (Wildman–Crippen MR) is 50.9 cm³/mol. The molecule has 1 N–H and O–H groups in total. The molecule has 0 amide bonds. The fourth-order valence-electron chi connectivity index (χ4n) is 1.15. The number of benzene rings is 1. The molecule has 4 heteroatoms. The molecule has 0 aliphatic heterocycles. The van der Waals surface area contributed by atoms with Gasteiger partial charge in [-0.05, 0) is 12.5 Å². The zero-order valence-electron chi connectivity index (χ0n) is 7.43. The van der Waals surface area contributed by atoms with Gasteiger partial charge in [-0.1, -0.05) is 31.5 Å². The number of hydrogen-bond donors (Lipinski definition) is 1. The van der Waals surface area contributed by atoms with E-state index in [1.54, 1.807) is 12.1 Å². The van der Waals surface area contributed by atoms with E-state index >= 15 is 0 Å². The lowest BCUT2D eigenvalue weighted by Crippen LogP contribution is -1.89. The molecule has 0 fully saturated rings. The lowest BCUT2D eigenvalue weighted by atomic mass is 10.1. The summed E-state index contributed by atoms with van der Waals surface area (Å²) in [5.74, 6) is 0.507. The van der Waals surface area contributed by atoms with Crippen LogP contribution in [0, 0.1) is 0 Å². The van der Waals surface area contributed by atoms with Gasteiger partial charge in [0, 0.05) is 10.1 Å². The standard InChI is InChI=1S/C9H11O3P/c1-2-5-8-6-3-4-7-9(8)12-13(10)11/h3-4,6-7H,2,5H2,1H3/p+1. The first-order valence-electron chi connectivity index (χ1n) is 4.16. The number of hydrogen-bond acceptors (Lipinski definition) is 2. The Balaban J connectivity index is 2.84. The summed E-state index contributed by atoms with van der Waals surface area (Å²) in [4.78, 5) is 8.59. The summed E-state index contributed by atoms with van der Waals surface area (Å²) in [6, 6.07) is 7.28. The minimum atomic E-state index is -2.55. The van der Waals surface area contributed by atoms with Gasteiger partial charge in [0.15, 0.2) is 5.75 Å². The Morgan fingerprint density at radius 2 is 2.15 bits per heavy atom. The zero-order valence-corrected chi connectivity index (χ0v) is 8.33. The molecule has 1 atom stereocenters. The van der Waals surface area contributed by atoms with Crippen molar-refractivity contribution < 1.29 is 14.0 Å². The largest absolute Gasteiger partial charge is 0.747 e. The Morgan fingerprint density at radius 3 is 2.77 bits per heavy atom. The second-order valence-corrected chi connectivity index (χ2v) is 3.35. The third-order valence-electron chi connectivity index (χ3n) is 1.67. The molecule has 70 valence electrons. The van der Waals surface area contributed by atoms with Crippen LogP contribution in [-0.4, -0.2) is 4.89 Å². The van der Waals surface area contributed by atoms with E-state index in [1.807, 2.05) is 12.1 Å².